The van der Waals surface area contributed by atoms with Crippen molar-refractivity contribution < 1.29 is 13.9 Å². The van der Waals surface area contributed by atoms with E-state index in [4.69, 9.17) is 4.74 Å². The molecule has 0 radical (unpaired) electrons. The van der Waals surface area contributed by atoms with Gasteiger partial charge >= 0.3 is 6.09 Å². The summed E-state index contributed by atoms with van der Waals surface area (Å²) in [5.41, 5.74) is 0.512. The highest BCUT2D eigenvalue weighted by Crippen LogP contribution is 2.25. The Labute approximate surface area is 125 Å². The molecular weight excluding hydrogens is 271 g/mol. The summed E-state index contributed by atoms with van der Waals surface area (Å²) in [5, 5.41) is 0. The van der Waals surface area contributed by atoms with E-state index in [1.807, 2.05) is 27.8 Å². The number of rotatable bonds is 1. The molecule has 5 heteroatoms. The maximum atomic E-state index is 13.0. The average molecular weight is 294 g/mol. The molecular formula is C16H23FN2O2. The van der Waals surface area contributed by atoms with E-state index in [-0.39, 0.29) is 18.0 Å². The van der Waals surface area contributed by atoms with Crippen LogP contribution in [-0.2, 0) is 4.74 Å². The number of ether oxygens (including phenoxy) is 1. The maximum absolute atomic E-state index is 13.0. The van der Waals surface area contributed by atoms with Crippen molar-refractivity contribution in [2.75, 3.05) is 26.7 Å². The van der Waals surface area contributed by atoms with Gasteiger partial charge in [0.25, 0.3) is 0 Å². The largest absolute Gasteiger partial charge is 0.444 e. The second-order valence-corrected chi connectivity index (χ2v) is 6.47. The first-order chi connectivity index (χ1) is 9.76. The Bertz CT molecular complexity index is 496. The Morgan fingerprint density at radius 3 is 2.43 bits per heavy atom. The molecule has 2 rings (SSSR count). The fourth-order valence-electron chi connectivity index (χ4n) is 2.41. The monoisotopic (exact) mass is 294 g/mol. The third-order valence-electron chi connectivity index (χ3n) is 3.55. The summed E-state index contributed by atoms with van der Waals surface area (Å²) in [6, 6.07) is 6.52. The fourth-order valence-corrected chi connectivity index (χ4v) is 2.41. The van der Waals surface area contributed by atoms with E-state index >= 15 is 0 Å². The normalized spacial score (nSPS) is 20.4. The third kappa shape index (κ3) is 4.17. The van der Waals surface area contributed by atoms with Gasteiger partial charge in [0.05, 0.1) is 6.04 Å². The van der Waals surface area contributed by atoms with Gasteiger partial charge in [-0.2, -0.15) is 0 Å². The first-order valence-electron chi connectivity index (χ1n) is 7.20. The summed E-state index contributed by atoms with van der Waals surface area (Å²) in [4.78, 5) is 16.1. The molecule has 1 aromatic rings. The van der Waals surface area contributed by atoms with Crippen LogP contribution in [0, 0.1) is 5.82 Å². The summed E-state index contributed by atoms with van der Waals surface area (Å²) >= 11 is 0. The number of likely N-dealkylation sites (N-methyl/N-ethyl adjacent to an activating group) is 1. The van der Waals surface area contributed by atoms with E-state index in [1.54, 1.807) is 17.0 Å². The molecule has 4 nitrogen and oxygen atoms in total. The van der Waals surface area contributed by atoms with Gasteiger partial charge in [-0.25, -0.2) is 9.18 Å². The topological polar surface area (TPSA) is 32.8 Å². The summed E-state index contributed by atoms with van der Waals surface area (Å²) in [7, 11) is 2.01. The molecule has 21 heavy (non-hydrogen) atoms. The highest BCUT2D eigenvalue weighted by molar-refractivity contribution is 5.68. The van der Waals surface area contributed by atoms with Crippen LogP contribution in [0.15, 0.2) is 24.3 Å². The number of hydrogen-bond acceptors (Lipinski definition) is 3. The number of carbonyl (C=O) groups is 1. The van der Waals surface area contributed by atoms with Gasteiger partial charge in [-0.3, -0.25) is 4.90 Å². The minimum Gasteiger partial charge on any atom is -0.444 e. The number of nitrogens with zero attached hydrogens (tertiary/aromatic N) is 2. The lowest BCUT2D eigenvalue weighted by atomic mass is 10.0. The summed E-state index contributed by atoms with van der Waals surface area (Å²) in [5.74, 6) is -0.249. The van der Waals surface area contributed by atoms with Crippen LogP contribution in [0.25, 0.3) is 0 Å². The van der Waals surface area contributed by atoms with Crippen molar-refractivity contribution in [1.82, 2.24) is 9.80 Å². The predicted molar refractivity (Wildman–Crippen MR) is 79.6 cm³/mol. The number of piperazine rings is 1. The van der Waals surface area contributed by atoms with Gasteiger partial charge in [-0.15, -0.1) is 0 Å². The molecule has 0 N–H and O–H groups in total. The van der Waals surface area contributed by atoms with Gasteiger partial charge in [0.1, 0.15) is 11.4 Å². The molecule has 1 amide bonds. The molecule has 1 aliphatic heterocycles. The van der Waals surface area contributed by atoms with Crippen LogP contribution in [0.1, 0.15) is 32.4 Å². The van der Waals surface area contributed by atoms with Crippen molar-refractivity contribution in [3.63, 3.8) is 0 Å². The van der Waals surface area contributed by atoms with E-state index in [2.05, 4.69) is 4.90 Å². The van der Waals surface area contributed by atoms with E-state index in [9.17, 15) is 9.18 Å². The lowest BCUT2D eigenvalue weighted by Gasteiger charge is -2.40. The van der Waals surface area contributed by atoms with Crippen molar-refractivity contribution in [2.45, 2.75) is 32.4 Å². The first-order valence-corrected chi connectivity index (χ1v) is 7.20. The molecule has 1 saturated heterocycles. The summed E-state index contributed by atoms with van der Waals surface area (Å²) < 4.78 is 18.5. The van der Waals surface area contributed by atoms with Crippen molar-refractivity contribution in [3.8, 4) is 0 Å². The Balaban J connectivity index is 2.09. The van der Waals surface area contributed by atoms with E-state index in [1.165, 1.54) is 12.1 Å². The second-order valence-electron chi connectivity index (χ2n) is 6.47. The Morgan fingerprint density at radius 2 is 1.86 bits per heavy atom. The van der Waals surface area contributed by atoms with Crippen LogP contribution in [0.3, 0.4) is 0 Å². The van der Waals surface area contributed by atoms with E-state index in [0.29, 0.717) is 13.1 Å². The second kappa shape index (κ2) is 6.02. The van der Waals surface area contributed by atoms with Crippen LogP contribution < -0.4 is 0 Å². The Kier molecular flexibility index (Phi) is 4.52. The highest BCUT2D eigenvalue weighted by atomic mass is 19.1. The zero-order valence-corrected chi connectivity index (χ0v) is 13.1. The third-order valence-corrected chi connectivity index (χ3v) is 3.55. The zero-order chi connectivity index (χ0) is 15.6. The minimum absolute atomic E-state index is 0.0619. The van der Waals surface area contributed by atoms with Crippen LogP contribution in [0.5, 0.6) is 0 Å². The van der Waals surface area contributed by atoms with Crippen molar-refractivity contribution in [3.05, 3.63) is 35.6 Å². The molecule has 1 aliphatic rings. The van der Waals surface area contributed by atoms with E-state index < -0.39 is 5.60 Å². The molecule has 0 saturated carbocycles. The minimum atomic E-state index is -0.494. The van der Waals surface area contributed by atoms with Gasteiger partial charge in [0.15, 0.2) is 0 Å². The van der Waals surface area contributed by atoms with Crippen molar-refractivity contribution in [2.24, 2.45) is 0 Å². The quantitative estimate of drug-likeness (QED) is 0.798. The lowest BCUT2D eigenvalue weighted by Crippen LogP contribution is -2.50. The van der Waals surface area contributed by atoms with Crippen LogP contribution in [0.2, 0.25) is 0 Å². The number of carbonyl (C=O) groups excluding carboxylic acids is 1. The number of hydrogen-bond donors (Lipinski definition) is 0. The molecule has 0 bridgehead atoms. The fraction of sp³-hybridized carbons (Fsp3) is 0.562. The van der Waals surface area contributed by atoms with Crippen molar-refractivity contribution >= 4 is 6.09 Å². The van der Waals surface area contributed by atoms with Crippen LogP contribution in [0.4, 0.5) is 9.18 Å². The first kappa shape index (κ1) is 15.8. The number of amides is 1. The maximum Gasteiger partial charge on any atom is 0.410 e. The zero-order valence-electron chi connectivity index (χ0n) is 13.1. The van der Waals surface area contributed by atoms with Crippen LogP contribution >= 0.6 is 0 Å². The molecule has 0 aliphatic carbocycles. The van der Waals surface area contributed by atoms with Gasteiger partial charge in [0, 0.05) is 19.6 Å². The van der Waals surface area contributed by atoms with Crippen LogP contribution in [-0.4, -0.2) is 48.2 Å². The number of halogens is 1. The summed E-state index contributed by atoms with van der Waals surface area (Å²) in [6.07, 6.45) is -0.289. The molecule has 116 valence electrons. The highest BCUT2D eigenvalue weighted by Gasteiger charge is 2.31. The Hall–Kier alpha value is -1.62. The smallest absolute Gasteiger partial charge is 0.410 e. The lowest BCUT2D eigenvalue weighted by molar-refractivity contribution is 0.00738. The molecule has 1 aromatic carbocycles. The Morgan fingerprint density at radius 1 is 1.24 bits per heavy atom. The average Bonchev–Trinajstić information content (AvgIpc) is 2.38. The van der Waals surface area contributed by atoms with Gasteiger partial charge in [-0.1, -0.05) is 12.1 Å². The molecule has 1 heterocycles. The predicted octanol–water partition coefficient (Wildman–Crippen LogP) is 3.05. The van der Waals surface area contributed by atoms with Gasteiger partial charge in [0.2, 0.25) is 0 Å². The van der Waals surface area contributed by atoms with Crippen molar-refractivity contribution in [1.29, 1.82) is 0 Å². The number of benzene rings is 1. The molecule has 1 atom stereocenters. The molecule has 0 spiro atoms. The standard InChI is InChI=1S/C16H23FN2O2/c1-16(2,3)21-15(20)19-10-9-18(4)14(11-19)12-5-7-13(17)8-6-12/h5-8,14H,9-11H2,1-4H3. The van der Waals surface area contributed by atoms with Gasteiger partial charge in [-0.05, 0) is 45.5 Å². The van der Waals surface area contributed by atoms with E-state index in [0.717, 1.165) is 12.1 Å². The summed E-state index contributed by atoms with van der Waals surface area (Å²) in [6.45, 7) is 7.54. The SMILES string of the molecule is CN1CCN(C(=O)OC(C)(C)C)CC1c1ccc(F)cc1. The van der Waals surface area contributed by atoms with Gasteiger partial charge < -0.3 is 9.64 Å². The molecule has 0 aromatic heterocycles. The molecule has 1 fully saturated rings. The molecule has 1 unspecified atom stereocenters.